The standard InChI is InChI=1S/C18H22N2O3S/c1-13-10-14-11-15(5-6-17(14)23-13)20-18(21)19-7-3-9-24-12-16-4-2-8-22-16/h2,4-6,8,11,13H,3,7,9-10,12H2,1H3,(H2,19,20,21). The van der Waals surface area contributed by atoms with Crippen LogP contribution >= 0.6 is 11.8 Å². The van der Waals surface area contributed by atoms with Gasteiger partial charge in [0.1, 0.15) is 17.6 Å². The van der Waals surface area contributed by atoms with Crippen LogP contribution in [0.2, 0.25) is 0 Å². The number of carbonyl (C=O) groups is 1. The van der Waals surface area contributed by atoms with Crippen LogP contribution in [0.3, 0.4) is 0 Å². The zero-order chi connectivity index (χ0) is 16.8. The van der Waals surface area contributed by atoms with E-state index in [0.29, 0.717) is 6.54 Å². The summed E-state index contributed by atoms with van der Waals surface area (Å²) in [5, 5.41) is 5.76. The Hall–Kier alpha value is -2.08. The Morgan fingerprint density at radius 3 is 3.12 bits per heavy atom. The molecule has 6 heteroatoms. The van der Waals surface area contributed by atoms with E-state index in [1.54, 1.807) is 18.0 Å². The fraction of sp³-hybridized carbons (Fsp3) is 0.389. The van der Waals surface area contributed by atoms with Crippen LogP contribution in [0.25, 0.3) is 0 Å². The molecule has 1 atom stereocenters. The van der Waals surface area contributed by atoms with Gasteiger partial charge in [-0.3, -0.25) is 0 Å². The minimum absolute atomic E-state index is 0.169. The van der Waals surface area contributed by atoms with Gasteiger partial charge in [0.15, 0.2) is 0 Å². The molecule has 0 bridgehead atoms. The minimum Gasteiger partial charge on any atom is -0.490 e. The SMILES string of the molecule is CC1Cc2cc(NC(=O)NCCCSCc3ccco3)ccc2O1. The average molecular weight is 346 g/mol. The van der Waals surface area contributed by atoms with Gasteiger partial charge in [0.25, 0.3) is 0 Å². The predicted octanol–water partition coefficient (Wildman–Crippen LogP) is 4.05. The number of urea groups is 1. The highest BCUT2D eigenvalue weighted by atomic mass is 32.2. The molecule has 2 N–H and O–H groups in total. The number of amides is 2. The topological polar surface area (TPSA) is 63.5 Å². The van der Waals surface area contributed by atoms with Crippen LogP contribution < -0.4 is 15.4 Å². The van der Waals surface area contributed by atoms with E-state index in [9.17, 15) is 4.79 Å². The second-order valence-electron chi connectivity index (χ2n) is 5.82. The Morgan fingerprint density at radius 1 is 1.38 bits per heavy atom. The van der Waals surface area contributed by atoms with Gasteiger partial charge >= 0.3 is 6.03 Å². The van der Waals surface area contributed by atoms with Crippen molar-refractivity contribution in [1.29, 1.82) is 0 Å². The summed E-state index contributed by atoms with van der Waals surface area (Å²) in [6.07, 6.45) is 3.71. The number of carbonyl (C=O) groups excluding carboxylic acids is 1. The smallest absolute Gasteiger partial charge is 0.319 e. The highest BCUT2D eigenvalue weighted by Crippen LogP contribution is 2.30. The lowest BCUT2D eigenvalue weighted by Crippen LogP contribution is -2.29. The van der Waals surface area contributed by atoms with Gasteiger partial charge in [0.05, 0.1) is 12.0 Å². The number of furan rings is 1. The second-order valence-corrected chi connectivity index (χ2v) is 6.93. The van der Waals surface area contributed by atoms with E-state index in [0.717, 1.165) is 47.1 Å². The molecule has 128 valence electrons. The van der Waals surface area contributed by atoms with Crippen LogP contribution in [-0.2, 0) is 12.2 Å². The summed E-state index contributed by atoms with van der Waals surface area (Å²) >= 11 is 1.80. The molecule has 0 aliphatic carbocycles. The summed E-state index contributed by atoms with van der Waals surface area (Å²) in [6.45, 7) is 2.70. The van der Waals surface area contributed by atoms with Crippen LogP contribution in [-0.4, -0.2) is 24.4 Å². The summed E-state index contributed by atoms with van der Waals surface area (Å²) in [5.74, 6) is 3.76. The number of rotatable bonds is 7. The van der Waals surface area contributed by atoms with Crippen molar-refractivity contribution in [3.05, 3.63) is 47.9 Å². The minimum atomic E-state index is -0.169. The molecular weight excluding hydrogens is 324 g/mol. The lowest BCUT2D eigenvalue weighted by Gasteiger charge is -2.08. The summed E-state index contributed by atoms with van der Waals surface area (Å²) in [7, 11) is 0. The van der Waals surface area contributed by atoms with Crippen LogP contribution in [0.15, 0.2) is 41.0 Å². The van der Waals surface area contributed by atoms with Crippen molar-refractivity contribution < 1.29 is 13.9 Å². The van der Waals surface area contributed by atoms with Gasteiger partial charge in [-0.15, -0.1) is 0 Å². The van der Waals surface area contributed by atoms with Crippen molar-refractivity contribution >= 4 is 23.5 Å². The first-order chi connectivity index (χ1) is 11.7. The normalized spacial score (nSPS) is 15.6. The molecule has 1 aromatic heterocycles. The molecule has 1 aliphatic rings. The number of hydrogen-bond donors (Lipinski definition) is 2. The molecule has 1 unspecified atom stereocenters. The van der Waals surface area contributed by atoms with E-state index < -0.39 is 0 Å². The average Bonchev–Trinajstić information content (AvgIpc) is 3.18. The zero-order valence-corrected chi connectivity index (χ0v) is 14.5. The highest BCUT2D eigenvalue weighted by molar-refractivity contribution is 7.98. The first-order valence-corrected chi connectivity index (χ1v) is 9.31. The molecule has 5 nitrogen and oxygen atoms in total. The molecule has 2 amide bonds. The largest absolute Gasteiger partial charge is 0.490 e. The summed E-state index contributed by atoms with van der Waals surface area (Å²) in [6, 6.07) is 9.47. The summed E-state index contributed by atoms with van der Waals surface area (Å²) < 4.78 is 10.9. The van der Waals surface area contributed by atoms with Gasteiger partial charge in [-0.05, 0) is 55.0 Å². The van der Waals surface area contributed by atoms with Gasteiger partial charge in [-0.2, -0.15) is 11.8 Å². The van der Waals surface area contributed by atoms with Crippen molar-refractivity contribution in [2.75, 3.05) is 17.6 Å². The number of hydrogen-bond acceptors (Lipinski definition) is 4. The molecule has 0 spiro atoms. The third kappa shape index (κ3) is 4.71. The Balaban J connectivity index is 1.32. The number of benzene rings is 1. The molecule has 0 saturated carbocycles. The van der Waals surface area contributed by atoms with E-state index in [-0.39, 0.29) is 12.1 Å². The molecule has 3 rings (SSSR count). The summed E-state index contributed by atoms with van der Waals surface area (Å²) in [4.78, 5) is 11.9. The Kier molecular flexibility index (Phi) is 5.69. The van der Waals surface area contributed by atoms with Crippen LogP contribution in [0, 0.1) is 0 Å². The maximum Gasteiger partial charge on any atom is 0.319 e. The van der Waals surface area contributed by atoms with Gasteiger partial charge < -0.3 is 19.8 Å². The molecule has 0 fully saturated rings. The van der Waals surface area contributed by atoms with Crippen molar-refractivity contribution in [3.8, 4) is 5.75 Å². The molecule has 1 aromatic carbocycles. The quantitative estimate of drug-likeness (QED) is 0.743. The van der Waals surface area contributed by atoms with E-state index in [2.05, 4.69) is 10.6 Å². The third-order valence-electron chi connectivity index (χ3n) is 3.73. The molecule has 1 aliphatic heterocycles. The Labute approximate surface area is 146 Å². The van der Waals surface area contributed by atoms with Crippen molar-refractivity contribution in [3.63, 3.8) is 0 Å². The predicted molar refractivity (Wildman–Crippen MR) is 96.7 cm³/mol. The van der Waals surface area contributed by atoms with Gasteiger partial charge in [-0.1, -0.05) is 0 Å². The van der Waals surface area contributed by atoms with Crippen molar-refractivity contribution in [2.24, 2.45) is 0 Å². The van der Waals surface area contributed by atoms with E-state index in [1.807, 2.05) is 37.3 Å². The first-order valence-electron chi connectivity index (χ1n) is 8.15. The fourth-order valence-corrected chi connectivity index (χ4v) is 3.48. The third-order valence-corrected chi connectivity index (χ3v) is 4.80. The molecule has 2 aromatic rings. The lowest BCUT2D eigenvalue weighted by molar-refractivity contribution is 0.252. The van der Waals surface area contributed by atoms with Crippen LogP contribution in [0.1, 0.15) is 24.7 Å². The van der Waals surface area contributed by atoms with Crippen LogP contribution in [0.4, 0.5) is 10.5 Å². The Bertz CT molecular complexity index is 673. The number of thioether (sulfide) groups is 1. The number of nitrogens with one attached hydrogen (secondary N) is 2. The molecule has 2 heterocycles. The molecule has 0 saturated heterocycles. The number of fused-ring (bicyclic) bond motifs is 1. The second kappa shape index (κ2) is 8.15. The molecule has 24 heavy (non-hydrogen) atoms. The van der Waals surface area contributed by atoms with E-state index in [4.69, 9.17) is 9.15 Å². The van der Waals surface area contributed by atoms with Crippen LogP contribution in [0.5, 0.6) is 5.75 Å². The summed E-state index contributed by atoms with van der Waals surface area (Å²) in [5.41, 5.74) is 1.95. The van der Waals surface area contributed by atoms with Gasteiger partial charge in [-0.25, -0.2) is 4.79 Å². The highest BCUT2D eigenvalue weighted by Gasteiger charge is 2.19. The van der Waals surface area contributed by atoms with Gasteiger partial charge in [0.2, 0.25) is 0 Å². The Morgan fingerprint density at radius 2 is 2.29 bits per heavy atom. The number of ether oxygens (including phenoxy) is 1. The zero-order valence-electron chi connectivity index (χ0n) is 13.7. The monoisotopic (exact) mass is 346 g/mol. The van der Waals surface area contributed by atoms with Crippen molar-refractivity contribution in [2.45, 2.75) is 31.6 Å². The molecule has 0 radical (unpaired) electrons. The molecular formula is C18H22N2O3S. The lowest BCUT2D eigenvalue weighted by atomic mass is 10.1. The van der Waals surface area contributed by atoms with E-state index in [1.165, 1.54) is 0 Å². The van der Waals surface area contributed by atoms with Gasteiger partial charge in [0, 0.05) is 18.7 Å². The van der Waals surface area contributed by atoms with Crippen molar-refractivity contribution in [1.82, 2.24) is 5.32 Å². The van der Waals surface area contributed by atoms with E-state index >= 15 is 0 Å². The first kappa shape index (κ1) is 16.8. The maximum absolute atomic E-state index is 11.9. The maximum atomic E-state index is 11.9. The number of anilines is 1. The fourth-order valence-electron chi connectivity index (χ4n) is 2.62.